The van der Waals surface area contributed by atoms with Crippen molar-refractivity contribution in [1.82, 2.24) is 0 Å². The molecular weight excluding hydrogens is 194 g/mol. The third-order valence-corrected chi connectivity index (χ3v) is 2.03. The Bertz CT molecular complexity index is 410. The highest BCUT2D eigenvalue weighted by atomic mass is 16.5. The lowest BCUT2D eigenvalue weighted by Crippen LogP contribution is -2.09. The molecule has 4 nitrogen and oxygen atoms in total. The van der Waals surface area contributed by atoms with Crippen LogP contribution in [0.25, 0.3) is 6.08 Å². The number of carboxylic acid groups (broad SMARTS) is 1. The highest BCUT2D eigenvalue weighted by Gasteiger charge is 2.03. The number of hydrogen-bond acceptors (Lipinski definition) is 3. The van der Waals surface area contributed by atoms with E-state index in [9.17, 15) is 4.79 Å². The highest BCUT2D eigenvalue weighted by molar-refractivity contribution is 5.91. The number of nitrogens with two attached hydrogens (primary N) is 1. The third-order valence-electron chi connectivity index (χ3n) is 2.03. The fraction of sp³-hybridized carbons (Fsp3) is 0.182. The zero-order valence-corrected chi connectivity index (χ0v) is 8.65. The van der Waals surface area contributed by atoms with Crippen LogP contribution in [0.2, 0.25) is 0 Å². The molecule has 15 heavy (non-hydrogen) atoms. The molecule has 1 rings (SSSR count). The molecule has 0 amide bonds. The minimum absolute atomic E-state index is 0.178. The van der Waals surface area contributed by atoms with E-state index in [-0.39, 0.29) is 5.70 Å². The van der Waals surface area contributed by atoms with E-state index in [2.05, 4.69) is 0 Å². The van der Waals surface area contributed by atoms with Gasteiger partial charge in [-0.25, -0.2) is 4.79 Å². The number of benzene rings is 1. The molecule has 0 radical (unpaired) electrons. The van der Waals surface area contributed by atoms with Gasteiger partial charge in [0.15, 0.2) is 0 Å². The lowest BCUT2D eigenvalue weighted by Gasteiger charge is -2.04. The first kappa shape index (κ1) is 11.1. The summed E-state index contributed by atoms with van der Waals surface area (Å²) in [7, 11) is 1.58. The third kappa shape index (κ3) is 2.74. The zero-order valence-electron chi connectivity index (χ0n) is 8.65. The van der Waals surface area contributed by atoms with Crippen molar-refractivity contribution in [2.24, 2.45) is 5.73 Å². The van der Waals surface area contributed by atoms with E-state index in [4.69, 9.17) is 15.6 Å². The molecule has 1 aromatic carbocycles. The van der Waals surface area contributed by atoms with Gasteiger partial charge < -0.3 is 15.6 Å². The molecule has 0 aliphatic rings. The molecule has 0 atom stereocenters. The number of ether oxygens (including phenoxy) is 1. The molecule has 0 aliphatic heterocycles. The van der Waals surface area contributed by atoms with Crippen LogP contribution in [0.5, 0.6) is 5.75 Å². The average molecular weight is 207 g/mol. The Hall–Kier alpha value is -1.97. The zero-order chi connectivity index (χ0) is 11.4. The summed E-state index contributed by atoms with van der Waals surface area (Å²) in [5.41, 5.74) is 6.83. The van der Waals surface area contributed by atoms with Gasteiger partial charge in [0.1, 0.15) is 11.4 Å². The van der Waals surface area contributed by atoms with Gasteiger partial charge in [-0.15, -0.1) is 0 Å². The summed E-state index contributed by atoms with van der Waals surface area (Å²) < 4.78 is 5.03. The molecule has 0 saturated carbocycles. The molecule has 0 aromatic heterocycles. The van der Waals surface area contributed by atoms with Crippen LogP contribution in [0.3, 0.4) is 0 Å². The first-order valence-corrected chi connectivity index (χ1v) is 4.39. The Morgan fingerprint density at radius 3 is 2.67 bits per heavy atom. The SMILES string of the molecule is COc1ccc(/C=C(/N)C(=O)O)c(C)c1. The van der Waals surface area contributed by atoms with Gasteiger partial charge in [-0.05, 0) is 36.3 Å². The second-order valence-electron chi connectivity index (χ2n) is 3.13. The standard InChI is InChI=1S/C11H13NO3/c1-7-5-9(15-2)4-3-8(7)6-10(12)11(13)14/h3-6H,12H2,1-2H3,(H,13,14)/b10-6+. The Labute approximate surface area is 88.0 Å². The van der Waals surface area contributed by atoms with Crippen LogP contribution in [-0.2, 0) is 4.79 Å². The molecule has 0 saturated heterocycles. The quantitative estimate of drug-likeness (QED) is 0.734. The Balaban J connectivity index is 3.07. The number of carboxylic acids is 1. The van der Waals surface area contributed by atoms with Gasteiger partial charge in [0.2, 0.25) is 0 Å². The topological polar surface area (TPSA) is 72.5 Å². The minimum atomic E-state index is -1.12. The molecule has 0 aliphatic carbocycles. The Morgan fingerprint density at radius 2 is 2.20 bits per heavy atom. The number of methoxy groups -OCH3 is 1. The lowest BCUT2D eigenvalue weighted by molar-refractivity contribution is -0.132. The Morgan fingerprint density at radius 1 is 1.53 bits per heavy atom. The molecule has 0 heterocycles. The fourth-order valence-corrected chi connectivity index (χ4v) is 1.17. The molecule has 80 valence electrons. The number of carbonyl (C=O) groups is 1. The van der Waals surface area contributed by atoms with Gasteiger partial charge in [-0.3, -0.25) is 0 Å². The van der Waals surface area contributed by atoms with Crippen LogP contribution in [0, 0.1) is 6.92 Å². The van der Waals surface area contributed by atoms with Gasteiger partial charge in [-0.2, -0.15) is 0 Å². The summed E-state index contributed by atoms with van der Waals surface area (Å²) in [5.74, 6) is -0.385. The summed E-state index contributed by atoms with van der Waals surface area (Å²) in [6, 6.07) is 5.35. The van der Waals surface area contributed by atoms with E-state index >= 15 is 0 Å². The monoisotopic (exact) mass is 207 g/mol. The molecule has 1 aromatic rings. The fourth-order valence-electron chi connectivity index (χ4n) is 1.17. The van der Waals surface area contributed by atoms with Crippen molar-refractivity contribution in [3.63, 3.8) is 0 Å². The largest absolute Gasteiger partial charge is 0.497 e. The minimum Gasteiger partial charge on any atom is -0.497 e. The van der Waals surface area contributed by atoms with Crippen LogP contribution in [0.1, 0.15) is 11.1 Å². The highest BCUT2D eigenvalue weighted by Crippen LogP contribution is 2.18. The van der Waals surface area contributed by atoms with Gasteiger partial charge >= 0.3 is 5.97 Å². The van der Waals surface area contributed by atoms with Crippen LogP contribution in [-0.4, -0.2) is 18.2 Å². The van der Waals surface area contributed by atoms with E-state index in [1.165, 1.54) is 6.08 Å². The average Bonchev–Trinajstić information content (AvgIpc) is 2.20. The maximum atomic E-state index is 10.5. The summed E-state index contributed by atoms with van der Waals surface area (Å²) in [6.07, 6.45) is 1.43. The lowest BCUT2D eigenvalue weighted by atomic mass is 10.1. The van der Waals surface area contributed by atoms with Crippen molar-refractivity contribution >= 4 is 12.0 Å². The van der Waals surface area contributed by atoms with Gasteiger partial charge in [-0.1, -0.05) is 6.07 Å². The molecule has 0 unspecified atom stereocenters. The van der Waals surface area contributed by atoms with E-state index in [0.717, 1.165) is 16.9 Å². The van der Waals surface area contributed by atoms with Crippen molar-refractivity contribution < 1.29 is 14.6 Å². The van der Waals surface area contributed by atoms with Gasteiger partial charge in [0, 0.05) is 0 Å². The van der Waals surface area contributed by atoms with Crippen molar-refractivity contribution in [2.45, 2.75) is 6.92 Å². The van der Waals surface area contributed by atoms with Gasteiger partial charge in [0.25, 0.3) is 0 Å². The molecule has 0 spiro atoms. The molecule has 0 fully saturated rings. The van der Waals surface area contributed by atoms with Gasteiger partial charge in [0.05, 0.1) is 7.11 Å². The Kier molecular flexibility index (Phi) is 3.33. The molecular formula is C11H13NO3. The van der Waals surface area contributed by atoms with E-state index in [1.54, 1.807) is 19.2 Å². The molecule has 0 bridgehead atoms. The number of aliphatic carboxylic acids is 1. The second kappa shape index (κ2) is 4.50. The summed E-state index contributed by atoms with van der Waals surface area (Å²) in [6.45, 7) is 1.86. The first-order chi connectivity index (χ1) is 7.04. The van der Waals surface area contributed by atoms with Crippen LogP contribution >= 0.6 is 0 Å². The number of aryl methyl sites for hydroxylation is 1. The predicted octanol–water partition coefficient (Wildman–Crippen LogP) is 1.39. The number of hydrogen-bond donors (Lipinski definition) is 2. The second-order valence-corrected chi connectivity index (χ2v) is 3.13. The summed E-state index contributed by atoms with van der Waals surface area (Å²) >= 11 is 0. The molecule has 3 N–H and O–H groups in total. The first-order valence-electron chi connectivity index (χ1n) is 4.39. The predicted molar refractivity (Wildman–Crippen MR) is 57.5 cm³/mol. The molecule has 4 heteroatoms. The van der Waals surface area contributed by atoms with E-state index in [1.807, 2.05) is 13.0 Å². The summed E-state index contributed by atoms with van der Waals surface area (Å²) in [4.78, 5) is 10.5. The van der Waals surface area contributed by atoms with E-state index in [0.29, 0.717) is 0 Å². The van der Waals surface area contributed by atoms with Crippen molar-refractivity contribution in [2.75, 3.05) is 7.11 Å². The maximum Gasteiger partial charge on any atom is 0.351 e. The summed E-state index contributed by atoms with van der Waals surface area (Å²) in [5, 5.41) is 8.62. The maximum absolute atomic E-state index is 10.5. The van der Waals surface area contributed by atoms with Crippen LogP contribution in [0.4, 0.5) is 0 Å². The van der Waals surface area contributed by atoms with Crippen molar-refractivity contribution in [3.8, 4) is 5.75 Å². The van der Waals surface area contributed by atoms with Crippen molar-refractivity contribution in [1.29, 1.82) is 0 Å². The smallest absolute Gasteiger partial charge is 0.351 e. The van der Waals surface area contributed by atoms with Crippen LogP contribution < -0.4 is 10.5 Å². The van der Waals surface area contributed by atoms with E-state index < -0.39 is 5.97 Å². The van der Waals surface area contributed by atoms with Crippen molar-refractivity contribution in [3.05, 3.63) is 35.0 Å². The van der Waals surface area contributed by atoms with Crippen LogP contribution in [0.15, 0.2) is 23.9 Å². The number of rotatable bonds is 3. The normalized spacial score (nSPS) is 11.2.